The largest absolute Gasteiger partial charge is 0.495 e. The number of methoxy groups -OCH3 is 1. The third-order valence-corrected chi connectivity index (χ3v) is 7.70. The maximum absolute atomic E-state index is 13.4. The van der Waals surface area contributed by atoms with E-state index in [1.807, 2.05) is 44.2 Å². The van der Waals surface area contributed by atoms with Gasteiger partial charge in [-0.1, -0.05) is 41.9 Å². The average Bonchev–Trinajstić information content (AvgIpc) is 2.73. The number of rotatable bonds is 6. The predicted molar refractivity (Wildman–Crippen MR) is 121 cm³/mol. The summed E-state index contributed by atoms with van der Waals surface area (Å²) in [7, 11) is -2.32. The van der Waals surface area contributed by atoms with Crippen molar-refractivity contribution in [1.29, 1.82) is 0 Å². The first kappa shape index (κ1) is 22.8. The van der Waals surface area contributed by atoms with E-state index in [2.05, 4.69) is 21.2 Å². The summed E-state index contributed by atoms with van der Waals surface area (Å²) in [6.45, 7) is 4.57. The lowest BCUT2D eigenvalue weighted by Crippen LogP contribution is -2.43. The van der Waals surface area contributed by atoms with Crippen molar-refractivity contribution in [3.05, 3.63) is 52.5 Å². The number of ether oxygens (including phenoxy) is 1. The molecule has 162 valence electrons. The van der Waals surface area contributed by atoms with E-state index in [4.69, 9.17) is 4.74 Å². The zero-order valence-electron chi connectivity index (χ0n) is 17.4. The van der Waals surface area contributed by atoms with Gasteiger partial charge in [-0.2, -0.15) is 4.31 Å². The first-order valence-corrected chi connectivity index (χ1v) is 12.2. The highest BCUT2D eigenvalue weighted by atomic mass is 79.9. The molecule has 1 aliphatic heterocycles. The molecule has 1 saturated heterocycles. The molecule has 0 aromatic heterocycles. The second kappa shape index (κ2) is 9.49. The Bertz CT molecular complexity index is 1020. The topological polar surface area (TPSA) is 75.7 Å². The SMILES string of the molecule is COc1ccc(C(C)C)cc1S(=O)(=O)N1CCC[C@H](C(=O)Nc2cccc(Br)c2)C1. The zero-order chi connectivity index (χ0) is 21.9. The molecule has 8 heteroatoms. The number of amides is 1. The van der Waals surface area contributed by atoms with Gasteiger partial charge in [-0.25, -0.2) is 8.42 Å². The number of piperidine rings is 1. The third-order valence-electron chi connectivity index (χ3n) is 5.32. The van der Waals surface area contributed by atoms with Crippen molar-refractivity contribution in [2.45, 2.75) is 37.5 Å². The summed E-state index contributed by atoms with van der Waals surface area (Å²) in [4.78, 5) is 12.9. The minimum Gasteiger partial charge on any atom is -0.495 e. The van der Waals surface area contributed by atoms with E-state index in [0.29, 0.717) is 30.8 Å². The van der Waals surface area contributed by atoms with Gasteiger partial charge in [0.1, 0.15) is 10.6 Å². The molecule has 1 aliphatic rings. The van der Waals surface area contributed by atoms with Gasteiger partial charge in [0.05, 0.1) is 13.0 Å². The first-order chi connectivity index (χ1) is 14.2. The smallest absolute Gasteiger partial charge is 0.246 e. The van der Waals surface area contributed by atoms with E-state index in [1.165, 1.54) is 11.4 Å². The maximum Gasteiger partial charge on any atom is 0.246 e. The summed E-state index contributed by atoms with van der Waals surface area (Å²) in [6, 6.07) is 12.6. The molecule has 2 aromatic carbocycles. The fourth-order valence-electron chi connectivity index (χ4n) is 3.58. The van der Waals surface area contributed by atoms with E-state index in [9.17, 15) is 13.2 Å². The van der Waals surface area contributed by atoms with Crippen molar-refractivity contribution in [3.8, 4) is 5.75 Å². The molecule has 6 nitrogen and oxygen atoms in total. The molecule has 1 fully saturated rings. The zero-order valence-corrected chi connectivity index (χ0v) is 19.8. The minimum absolute atomic E-state index is 0.150. The normalized spacial score (nSPS) is 17.7. The van der Waals surface area contributed by atoms with Crippen LogP contribution in [0.25, 0.3) is 0 Å². The van der Waals surface area contributed by atoms with E-state index in [-0.39, 0.29) is 23.3 Å². The summed E-state index contributed by atoms with van der Waals surface area (Å²) in [6.07, 6.45) is 1.27. The van der Waals surface area contributed by atoms with E-state index in [1.54, 1.807) is 12.1 Å². The molecule has 0 saturated carbocycles. The van der Waals surface area contributed by atoms with Crippen LogP contribution in [0.2, 0.25) is 0 Å². The highest BCUT2D eigenvalue weighted by Gasteiger charge is 2.35. The summed E-state index contributed by atoms with van der Waals surface area (Å²) in [5.41, 5.74) is 1.61. The lowest BCUT2D eigenvalue weighted by Gasteiger charge is -2.31. The molecule has 0 spiro atoms. The second-order valence-corrected chi connectivity index (χ2v) is 10.6. The van der Waals surface area contributed by atoms with Gasteiger partial charge in [0.25, 0.3) is 0 Å². The number of anilines is 1. The lowest BCUT2D eigenvalue weighted by molar-refractivity contribution is -0.120. The van der Waals surface area contributed by atoms with Crippen LogP contribution in [0.5, 0.6) is 5.75 Å². The van der Waals surface area contributed by atoms with Crippen LogP contribution in [0.15, 0.2) is 51.8 Å². The summed E-state index contributed by atoms with van der Waals surface area (Å²) in [5.74, 6) is -0.0716. The number of halogens is 1. The molecule has 0 aliphatic carbocycles. The Kier molecular flexibility index (Phi) is 7.21. The van der Waals surface area contributed by atoms with Crippen molar-refractivity contribution in [3.63, 3.8) is 0 Å². The molecule has 0 radical (unpaired) electrons. The molecule has 30 heavy (non-hydrogen) atoms. The Balaban J connectivity index is 1.82. The van der Waals surface area contributed by atoms with Gasteiger partial charge >= 0.3 is 0 Å². The van der Waals surface area contributed by atoms with Crippen LogP contribution in [0, 0.1) is 5.92 Å². The number of hydrogen-bond donors (Lipinski definition) is 1. The quantitative estimate of drug-likeness (QED) is 0.635. The van der Waals surface area contributed by atoms with Gasteiger partial charge in [0.2, 0.25) is 15.9 Å². The number of benzene rings is 2. The Morgan fingerprint density at radius 1 is 1.23 bits per heavy atom. The number of hydrogen-bond acceptors (Lipinski definition) is 4. The van der Waals surface area contributed by atoms with Crippen molar-refractivity contribution < 1.29 is 17.9 Å². The molecule has 0 bridgehead atoms. The van der Waals surface area contributed by atoms with Gasteiger partial charge in [-0.15, -0.1) is 0 Å². The van der Waals surface area contributed by atoms with E-state index < -0.39 is 15.9 Å². The highest BCUT2D eigenvalue weighted by molar-refractivity contribution is 9.10. The highest BCUT2D eigenvalue weighted by Crippen LogP contribution is 2.32. The molecule has 3 rings (SSSR count). The van der Waals surface area contributed by atoms with Gasteiger partial charge in [0, 0.05) is 23.2 Å². The summed E-state index contributed by atoms with van der Waals surface area (Å²) in [5, 5.41) is 2.90. The Morgan fingerprint density at radius 3 is 2.67 bits per heavy atom. The standard InChI is InChI=1S/C22H27BrN2O4S/c1-15(2)16-9-10-20(29-3)21(12-16)30(27,28)25-11-5-6-17(14-25)22(26)24-19-8-4-7-18(23)13-19/h4,7-10,12-13,15,17H,5-6,11,14H2,1-3H3,(H,24,26)/t17-/m0/s1. The Morgan fingerprint density at radius 2 is 2.00 bits per heavy atom. The number of nitrogens with zero attached hydrogens (tertiary/aromatic N) is 1. The first-order valence-electron chi connectivity index (χ1n) is 9.97. The van der Waals surface area contributed by atoms with E-state index >= 15 is 0 Å². The third kappa shape index (κ3) is 5.04. The lowest BCUT2D eigenvalue weighted by atomic mass is 9.99. The molecule has 1 atom stereocenters. The van der Waals surface area contributed by atoms with Crippen molar-refractivity contribution >= 4 is 37.5 Å². The molecular weight excluding hydrogens is 468 g/mol. The number of sulfonamides is 1. The number of carbonyl (C=O) groups excluding carboxylic acids is 1. The molecule has 0 unspecified atom stereocenters. The molecule has 1 amide bonds. The van der Waals surface area contributed by atoms with Crippen LogP contribution >= 0.6 is 15.9 Å². The summed E-state index contributed by atoms with van der Waals surface area (Å²) >= 11 is 3.39. The van der Waals surface area contributed by atoms with Gasteiger partial charge < -0.3 is 10.1 Å². The van der Waals surface area contributed by atoms with Gasteiger partial charge in [0.15, 0.2) is 0 Å². The van der Waals surface area contributed by atoms with Crippen molar-refractivity contribution in [2.75, 3.05) is 25.5 Å². The number of carbonyl (C=O) groups is 1. The van der Waals surface area contributed by atoms with Crippen LogP contribution in [0.4, 0.5) is 5.69 Å². The molecular formula is C22H27BrN2O4S. The molecule has 2 aromatic rings. The fourth-order valence-corrected chi connectivity index (χ4v) is 5.69. The number of nitrogens with one attached hydrogen (secondary N) is 1. The van der Waals surface area contributed by atoms with E-state index in [0.717, 1.165) is 10.0 Å². The summed E-state index contributed by atoms with van der Waals surface area (Å²) < 4.78 is 34.4. The van der Waals surface area contributed by atoms with Gasteiger partial charge in [-0.3, -0.25) is 4.79 Å². The van der Waals surface area contributed by atoms with Crippen molar-refractivity contribution in [2.24, 2.45) is 5.92 Å². The predicted octanol–water partition coefficient (Wildman–Crippen LogP) is 4.62. The Labute approximate surface area is 186 Å². The Hall–Kier alpha value is -1.90. The monoisotopic (exact) mass is 494 g/mol. The minimum atomic E-state index is -3.79. The van der Waals surface area contributed by atoms with Crippen molar-refractivity contribution in [1.82, 2.24) is 4.31 Å². The van der Waals surface area contributed by atoms with Crippen LogP contribution in [0.1, 0.15) is 38.2 Å². The molecule has 1 heterocycles. The van der Waals surface area contributed by atoms with Crippen LogP contribution in [-0.4, -0.2) is 38.8 Å². The molecule has 1 N–H and O–H groups in total. The second-order valence-electron chi connectivity index (χ2n) is 7.77. The van der Waals surface area contributed by atoms with Crippen LogP contribution in [0.3, 0.4) is 0 Å². The fraction of sp³-hybridized carbons (Fsp3) is 0.409. The average molecular weight is 495 g/mol. The van der Waals surface area contributed by atoms with Crippen LogP contribution < -0.4 is 10.1 Å². The van der Waals surface area contributed by atoms with Gasteiger partial charge in [-0.05, 0) is 54.7 Å². The van der Waals surface area contributed by atoms with Crippen LogP contribution in [-0.2, 0) is 14.8 Å². The maximum atomic E-state index is 13.4.